The largest absolute Gasteiger partial charge is 0.495 e. The summed E-state index contributed by atoms with van der Waals surface area (Å²) in [5, 5.41) is 6.34. The van der Waals surface area contributed by atoms with E-state index < -0.39 is 0 Å². The van der Waals surface area contributed by atoms with E-state index in [0.717, 1.165) is 12.2 Å². The van der Waals surface area contributed by atoms with Gasteiger partial charge in [0.25, 0.3) is 0 Å². The zero-order valence-corrected chi connectivity index (χ0v) is 12.3. The third kappa shape index (κ3) is 5.81. The first-order chi connectivity index (χ1) is 9.02. The number of carbonyl (C=O) groups is 1. The van der Waals surface area contributed by atoms with Crippen molar-refractivity contribution in [1.29, 1.82) is 0 Å². The van der Waals surface area contributed by atoms with E-state index in [1.807, 2.05) is 25.1 Å². The predicted molar refractivity (Wildman–Crippen MR) is 78.1 cm³/mol. The minimum atomic E-state index is -0.0474. The molecule has 0 aliphatic carbocycles. The lowest BCUT2D eigenvalue weighted by Crippen LogP contribution is -2.34. The quantitative estimate of drug-likeness (QED) is 0.796. The summed E-state index contributed by atoms with van der Waals surface area (Å²) in [6.45, 7) is 1.67. The van der Waals surface area contributed by atoms with Gasteiger partial charge in [-0.2, -0.15) is 0 Å². The van der Waals surface area contributed by atoms with Crippen LogP contribution in [-0.4, -0.2) is 51.6 Å². The molecular weight excluding hydrogens is 266 g/mol. The van der Waals surface area contributed by atoms with Gasteiger partial charge in [-0.3, -0.25) is 4.79 Å². The number of rotatable bonds is 7. The zero-order chi connectivity index (χ0) is 14.3. The molecule has 0 aliphatic rings. The number of carbonyl (C=O) groups excluding carboxylic acids is 1. The molecule has 0 atom stereocenters. The Morgan fingerprint density at radius 2 is 2.16 bits per heavy atom. The number of benzene rings is 1. The van der Waals surface area contributed by atoms with Crippen molar-refractivity contribution in [2.75, 3.05) is 46.2 Å². The van der Waals surface area contributed by atoms with Crippen LogP contribution in [0.5, 0.6) is 5.75 Å². The van der Waals surface area contributed by atoms with Gasteiger partial charge in [0.2, 0.25) is 5.91 Å². The van der Waals surface area contributed by atoms with Crippen molar-refractivity contribution in [2.45, 2.75) is 0 Å². The molecule has 1 aromatic carbocycles. The Balaban J connectivity index is 2.36. The normalized spacial score (nSPS) is 10.4. The van der Waals surface area contributed by atoms with Gasteiger partial charge in [-0.05, 0) is 32.3 Å². The van der Waals surface area contributed by atoms with Crippen LogP contribution in [0.2, 0.25) is 5.02 Å². The first kappa shape index (κ1) is 15.6. The fourth-order valence-corrected chi connectivity index (χ4v) is 1.70. The van der Waals surface area contributed by atoms with Gasteiger partial charge in [0.1, 0.15) is 5.75 Å². The summed E-state index contributed by atoms with van der Waals surface area (Å²) in [7, 11) is 5.49. The molecule has 19 heavy (non-hydrogen) atoms. The van der Waals surface area contributed by atoms with E-state index in [4.69, 9.17) is 16.3 Å². The predicted octanol–water partition coefficient (Wildman–Crippen LogP) is 1.44. The third-order valence-electron chi connectivity index (χ3n) is 2.49. The summed E-state index contributed by atoms with van der Waals surface area (Å²) in [4.78, 5) is 13.6. The van der Waals surface area contributed by atoms with Crippen molar-refractivity contribution < 1.29 is 9.53 Å². The number of ether oxygens (including phenoxy) is 1. The minimum absolute atomic E-state index is 0.0474. The molecule has 0 unspecified atom stereocenters. The standard InChI is InChI=1S/C13H20ClN3O2/c1-17(2)7-6-15-13(18)9-16-10-4-5-12(19-3)11(14)8-10/h4-5,8,16H,6-7,9H2,1-3H3,(H,15,18). The number of likely N-dealkylation sites (N-methyl/N-ethyl adjacent to an activating group) is 1. The van der Waals surface area contributed by atoms with Crippen molar-refractivity contribution in [1.82, 2.24) is 10.2 Å². The van der Waals surface area contributed by atoms with E-state index >= 15 is 0 Å². The molecule has 0 aliphatic heterocycles. The van der Waals surface area contributed by atoms with Crippen molar-refractivity contribution in [3.05, 3.63) is 23.2 Å². The van der Waals surface area contributed by atoms with Crippen LogP contribution in [0.15, 0.2) is 18.2 Å². The molecule has 0 heterocycles. The number of nitrogens with zero attached hydrogens (tertiary/aromatic N) is 1. The number of amides is 1. The summed E-state index contributed by atoms with van der Waals surface area (Å²) < 4.78 is 5.06. The van der Waals surface area contributed by atoms with E-state index in [9.17, 15) is 4.79 Å². The Morgan fingerprint density at radius 3 is 2.74 bits per heavy atom. The van der Waals surface area contributed by atoms with E-state index in [1.54, 1.807) is 19.2 Å². The molecule has 1 aromatic rings. The van der Waals surface area contributed by atoms with Crippen LogP contribution in [-0.2, 0) is 4.79 Å². The molecule has 0 bridgehead atoms. The van der Waals surface area contributed by atoms with Crippen LogP contribution in [0.4, 0.5) is 5.69 Å². The Labute approximate surface area is 118 Å². The number of nitrogens with one attached hydrogen (secondary N) is 2. The molecule has 0 aromatic heterocycles. The van der Waals surface area contributed by atoms with Crippen molar-refractivity contribution in [3.8, 4) is 5.75 Å². The van der Waals surface area contributed by atoms with Gasteiger partial charge in [0.05, 0.1) is 18.7 Å². The zero-order valence-electron chi connectivity index (χ0n) is 11.5. The Hall–Kier alpha value is -1.46. The second-order valence-corrected chi connectivity index (χ2v) is 4.76. The second kappa shape index (κ2) is 7.86. The molecule has 0 saturated carbocycles. The first-order valence-corrected chi connectivity index (χ1v) is 6.39. The van der Waals surface area contributed by atoms with Crippen molar-refractivity contribution in [2.24, 2.45) is 0 Å². The van der Waals surface area contributed by atoms with Crippen LogP contribution in [0.1, 0.15) is 0 Å². The number of anilines is 1. The van der Waals surface area contributed by atoms with Crippen LogP contribution in [0.3, 0.4) is 0 Å². The van der Waals surface area contributed by atoms with Gasteiger partial charge in [-0.25, -0.2) is 0 Å². The average molecular weight is 286 g/mol. The molecule has 5 nitrogen and oxygen atoms in total. The van der Waals surface area contributed by atoms with Gasteiger partial charge < -0.3 is 20.3 Å². The maximum atomic E-state index is 11.6. The van der Waals surface area contributed by atoms with Gasteiger partial charge in [0.15, 0.2) is 0 Å². The number of hydrogen-bond donors (Lipinski definition) is 2. The SMILES string of the molecule is COc1ccc(NCC(=O)NCCN(C)C)cc1Cl. The van der Waals surface area contributed by atoms with Crippen LogP contribution < -0.4 is 15.4 Å². The lowest BCUT2D eigenvalue weighted by Gasteiger charge is -2.11. The molecule has 6 heteroatoms. The highest BCUT2D eigenvalue weighted by atomic mass is 35.5. The summed E-state index contributed by atoms with van der Waals surface area (Å²) in [5.74, 6) is 0.566. The van der Waals surface area contributed by atoms with Gasteiger partial charge in [0, 0.05) is 18.8 Å². The second-order valence-electron chi connectivity index (χ2n) is 4.36. The van der Waals surface area contributed by atoms with E-state index in [1.165, 1.54) is 0 Å². The summed E-state index contributed by atoms with van der Waals surface area (Å²) >= 11 is 5.99. The molecule has 106 valence electrons. The van der Waals surface area contributed by atoms with Gasteiger partial charge >= 0.3 is 0 Å². The van der Waals surface area contributed by atoms with Crippen molar-refractivity contribution >= 4 is 23.2 Å². The molecular formula is C13H20ClN3O2. The van der Waals surface area contributed by atoms with Gasteiger partial charge in [-0.15, -0.1) is 0 Å². The molecule has 0 fully saturated rings. The molecule has 0 spiro atoms. The Morgan fingerprint density at radius 1 is 1.42 bits per heavy atom. The maximum absolute atomic E-state index is 11.6. The number of hydrogen-bond acceptors (Lipinski definition) is 4. The monoisotopic (exact) mass is 285 g/mol. The highest BCUT2D eigenvalue weighted by Gasteiger charge is 2.04. The van der Waals surface area contributed by atoms with Crippen LogP contribution in [0, 0.1) is 0 Å². The smallest absolute Gasteiger partial charge is 0.239 e. The van der Waals surface area contributed by atoms with Gasteiger partial charge in [-0.1, -0.05) is 11.6 Å². The third-order valence-corrected chi connectivity index (χ3v) is 2.78. The van der Waals surface area contributed by atoms with E-state index in [2.05, 4.69) is 10.6 Å². The molecule has 1 amide bonds. The topological polar surface area (TPSA) is 53.6 Å². The Bertz CT molecular complexity index is 424. The highest BCUT2D eigenvalue weighted by Crippen LogP contribution is 2.26. The van der Waals surface area contributed by atoms with E-state index in [-0.39, 0.29) is 12.5 Å². The maximum Gasteiger partial charge on any atom is 0.239 e. The first-order valence-electron chi connectivity index (χ1n) is 6.01. The summed E-state index contributed by atoms with van der Waals surface area (Å²) in [6, 6.07) is 5.31. The molecule has 2 N–H and O–H groups in total. The number of methoxy groups -OCH3 is 1. The average Bonchev–Trinajstić information content (AvgIpc) is 2.36. The lowest BCUT2D eigenvalue weighted by atomic mass is 10.3. The fourth-order valence-electron chi connectivity index (χ4n) is 1.44. The summed E-state index contributed by atoms with van der Waals surface area (Å²) in [5.41, 5.74) is 0.786. The highest BCUT2D eigenvalue weighted by molar-refractivity contribution is 6.32. The van der Waals surface area contributed by atoms with Crippen LogP contribution >= 0.6 is 11.6 Å². The minimum Gasteiger partial charge on any atom is -0.495 e. The Kier molecular flexibility index (Phi) is 6.45. The molecule has 1 rings (SSSR count). The van der Waals surface area contributed by atoms with Crippen LogP contribution in [0.25, 0.3) is 0 Å². The lowest BCUT2D eigenvalue weighted by molar-refractivity contribution is -0.119. The molecule has 0 radical (unpaired) electrons. The number of halogens is 1. The van der Waals surface area contributed by atoms with Crippen molar-refractivity contribution in [3.63, 3.8) is 0 Å². The van der Waals surface area contributed by atoms with E-state index in [0.29, 0.717) is 17.3 Å². The fraction of sp³-hybridized carbons (Fsp3) is 0.462. The molecule has 0 saturated heterocycles. The summed E-state index contributed by atoms with van der Waals surface area (Å²) in [6.07, 6.45) is 0.